The van der Waals surface area contributed by atoms with Crippen molar-refractivity contribution < 1.29 is 27.0 Å². The normalized spacial score (nSPS) is 14.6. The summed E-state index contributed by atoms with van der Waals surface area (Å²) in [6.45, 7) is 1.05. The van der Waals surface area contributed by atoms with Crippen LogP contribution in [0.25, 0.3) is 22.4 Å². The Kier molecular flexibility index (Phi) is 5.65. The quantitative estimate of drug-likeness (QED) is 0.408. The largest absolute Gasteiger partial charge is 0.439 e. The van der Waals surface area contributed by atoms with Gasteiger partial charge in [0.2, 0.25) is 10.0 Å². The number of rotatable bonds is 5. The predicted molar refractivity (Wildman–Crippen MR) is 119 cm³/mol. The SMILES string of the molecule is N#Cc1ccc(NC(=O)c2noc3ccc(S(=O)(=O)N4CCOCC4)cc23)c(-c2noc(=O)[nH]2)c1. The second-order valence-electron chi connectivity index (χ2n) is 7.48. The Hall–Kier alpha value is -4.32. The molecule has 13 nitrogen and oxygen atoms in total. The van der Waals surface area contributed by atoms with Crippen molar-refractivity contribution >= 4 is 32.6 Å². The Morgan fingerprint density at radius 3 is 2.63 bits per heavy atom. The van der Waals surface area contributed by atoms with Crippen LogP contribution >= 0.6 is 0 Å². The van der Waals surface area contributed by atoms with Crippen molar-refractivity contribution in [2.75, 3.05) is 31.6 Å². The Bertz CT molecular complexity index is 1640. The van der Waals surface area contributed by atoms with E-state index in [-0.39, 0.29) is 57.3 Å². The summed E-state index contributed by atoms with van der Waals surface area (Å²) in [6, 6.07) is 10.4. The van der Waals surface area contributed by atoms with Crippen LogP contribution in [0.1, 0.15) is 16.1 Å². The Balaban J connectivity index is 1.50. The van der Waals surface area contributed by atoms with E-state index in [1.807, 2.05) is 6.07 Å². The van der Waals surface area contributed by atoms with E-state index in [0.717, 1.165) is 0 Å². The van der Waals surface area contributed by atoms with Crippen LogP contribution in [0.3, 0.4) is 0 Å². The maximum Gasteiger partial charge on any atom is 0.439 e. The first-order valence-corrected chi connectivity index (χ1v) is 11.7. The zero-order valence-corrected chi connectivity index (χ0v) is 18.7. The first-order valence-electron chi connectivity index (χ1n) is 10.3. The maximum atomic E-state index is 13.1. The summed E-state index contributed by atoms with van der Waals surface area (Å²) in [4.78, 5) is 26.9. The average Bonchev–Trinajstić information content (AvgIpc) is 3.50. The molecule has 0 spiro atoms. The minimum Gasteiger partial charge on any atom is -0.379 e. The molecule has 1 aliphatic heterocycles. The number of anilines is 1. The van der Waals surface area contributed by atoms with Gasteiger partial charge >= 0.3 is 5.76 Å². The molecule has 0 unspecified atom stereocenters. The molecular weight excluding hydrogens is 480 g/mol. The molecule has 1 amide bonds. The van der Waals surface area contributed by atoms with Crippen LogP contribution in [0, 0.1) is 11.3 Å². The number of hydrogen-bond acceptors (Lipinski definition) is 10. The Labute approximate surface area is 196 Å². The number of aromatic amines is 1. The van der Waals surface area contributed by atoms with Gasteiger partial charge in [-0.25, -0.2) is 13.2 Å². The molecule has 2 aromatic carbocycles. The molecule has 5 rings (SSSR count). The van der Waals surface area contributed by atoms with Gasteiger partial charge in [-0.1, -0.05) is 10.3 Å². The van der Waals surface area contributed by atoms with E-state index in [1.54, 1.807) is 0 Å². The molecular formula is C21H16N6O7S. The molecule has 2 N–H and O–H groups in total. The van der Waals surface area contributed by atoms with Gasteiger partial charge in [-0.3, -0.25) is 14.3 Å². The fourth-order valence-electron chi connectivity index (χ4n) is 3.62. The second kappa shape index (κ2) is 8.80. The molecule has 0 aliphatic carbocycles. The summed E-state index contributed by atoms with van der Waals surface area (Å²) in [5.41, 5.74) is 0.755. The second-order valence-corrected chi connectivity index (χ2v) is 9.41. The summed E-state index contributed by atoms with van der Waals surface area (Å²) in [7, 11) is -3.81. The van der Waals surface area contributed by atoms with Gasteiger partial charge in [0.15, 0.2) is 17.1 Å². The summed E-state index contributed by atoms with van der Waals surface area (Å²) in [6.07, 6.45) is 0. The molecule has 0 bridgehead atoms. The molecule has 1 aliphatic rings. The topological polar surface area (TPSA) is 184 Å². The molecule has 35 heavy (non-hydrogen) atoms. The number of morpholine rings is 1. The van der Waals surface area contributed by atoms with Crippen molar-refractivity contribution in [3.8, 4) is 17.5 Å². The van der Waals surface area contributed by atoms with Crippen molar-refractivity contribution in [2.45, 2.75) is 4.90 Å². The Morgan fingerprint density at radius 1 is 1.11 bits per heavy atom. The Morgan fingerprint density at radius 2 is 1.91 bits per heavy atom. The summed E-state index contributed by atoms with van der Waals surface area (Å²) < 4.78 is 42.3. The molecule has 4 aromatic rings. The highest BCUT2D eigenvalue weighted by Gasteiger charge is 2.28. The molecule has 1 fully saturated rings. The lowest BCUT2D eigenvalue weighted by atomic mass is 10.1. The third-order valence-electron chi connectivity index (χ3n) is 5.36. The number of carbonyl (C=O) groups excluding carboxylic acids is 1. The minimum atomic E-state index is -3.81. The third-order valence-corrected chi connectivity index (χ3v) is 7.25. The van der Waals surface area contributed by atoms with E-state index < -0.39 is 21.7 Å². The van der Waals surface area contributed by atoms with E-state index in [4.69, 9.17) is 9.26 Å². The van der Waals surface area contributed by atoms with Crippen LogP contribution in [-0.4, -0.2) is 60.2 Å². The number of fused-ring (bicyclic) bond motifs is 1. The fraction of sp³-hybridized carbons (Fsp3) is 0.190. The summed E-state index contributed by atoms with van der Waals surface area (Å²) in [5.74, 6) is -1.51. The van der Waals surface area contributed by atoms with Crippen molar-refractivity contribution in [2.24, 2.45) is 0 Å². The predicted octanol–water partition coefficient (Wildman–Crippen LogP) is 1.32. The molecule has 2 aromatic heterocycles. The molecule has 0 saturated carbocycles. The van der Waals surface area contributed by atoms with E-state index in [2.05, 4.69) is 25.1 Å². The number of carbonyl (C=O) groups is 1. The monoisotopic (exact) mass is 496 g/mol. The van der Waals surface area contributed by atoms with Crippen molar-refractivity contribution in [1.82, 2.24) is 19.6 Å². The lowest BCUT2D eigenvalue weighted by Crippen LogP contribution is -2.40. The molecule has 0 radical (unpaired) electrons. The van der Waals surface area contributed by atoms with Gasteiger partial charge in [-0.2, -0.15) is 9.57 Å². The van der Waals surface area contributed by atoms with Crippen molar-refractivity contribution in [3.63, 3.8) is 0 Å². The molecule has 0 atom stereocenters. The van der Waals surface area contributed by atoms with Crippen LogP contribution in [0.2, 0.25) is 0 Å². The highest BCUT2D eigenvalue weighted by Crippen LogP contribution is 2.29. The van der Waals surface area contributed by atoms with Gasteiger partial charge in [0.25, 0.3) is 5.91 Å². The summed E-state index contributed by atoms with van der Waals surface area (Å²) >= 11 is 0. The number of aromatic nitrogens is 3. The van der Waals surface area contributed by atoms with Gasteiger partial charge in [0, 0.05) is 18.7 Å². The van der Waals surface area contributed by atoms with E-state index >= 15 is 0 Å². The molecule has 14 heteroatoms. The average molecular weight is 496 g/mol. The minimum absolute atomic E-state index is 0.00583. The van der Waals surface area contributed by atoms with Gasteiger partial charge in [-0.05, 0) is 36.4 Å². The highest BCUT2D eigenvalue weighted by molar-refractivity contribution is 7.89. The van der Waals surface area contributed by atoms with Crippen LogP contribution in [0.15, 0.2) is 55.1 Å². The molecule has 3 heterocycles. The number of nitrogens with one attached hydrogen (secondary N) is 2. The van der Waals surface area contributed by atoms with Crippen molar-refractivity contribution in [3.05, 3.63) is 58.2 Å². The van der Waals surface area contributed by atoms with Crippen LogP contribution in [0.4, 0.5) is 5.69 Å². The molecule has 1 saturated heterocycles. The van der Waals surface area contributed by atoms with Gasteiger partial charge in [0.05, 0.1) is 40.8 Å². The van der Waals surface area contributed by atoms with Gasteiger partial charge in [-0.15, -0.1) is 0 Å². The van der Waals surface area contributed by atoms with Crippen molar-refractivity contribution in [1.29, 1.82) is 5.26 Å². The van der Waals surface area contributed by atoms with Gasteiger partial charge < -0.3 is 14.6 Å². The lowest BCUT2D eigenvalue weighted by Gasteiger charge is -2.26. The summed E-state index contributed by atoms with van der Waals surface area (Å²) in [5, 5.41) is 19.5. The number of hydrogen-bond donors (Lipinski definition) is 2. The van der Waals surface area contributed by atoms with Crippen LogP contribution < -0.4 is 11.1 Å². The number of benzene rings is 2. The van der Waals surface area contributed by atoms with E-state index in [0.29, 0.717) is 13.2 Å². The number of nitrogens with zero attached hydrogens (tertiary/aromatic N) is 4. The van der Waals surface area contributed by atoms with Crippen LogP contribution in [0.5, 0.6) is 0 Å². The maximum absolute atomic E-state index is 13.1. The first kappa shape index (κ1) is 22.5. The third kappa shape index (κ3) is 4.19. The van der Waals surface area contributed by atoms with Crippen LogP contribution in [-0.2, 0) is 14.8 Å². The zero-order valence-electron chi connectivity index (χ0n) is 17.8. The lowest BCUT2D eigenvalue weighted by molar-refractivity contribution is 0.0730. The van der Waals surface area contributed by atoms with Gasteiger partial charge in [0.1, 0.15) is 0 Å². The number of nitriles is 1. The number of H-pyrrole nitrogens is 1. The fourth-order valence-corrected chi connectivity index (χ4v) is 5.06. The van der Waals surface area contributed by atoms with E-state index in [1.165, 1.54) is 40.7 Å². The standard InChI is InChI=1S/C21H16N6O7S/c22-11-12-1-3-16(14(9-12)19-24-21(29)34-26-19)23-20(28)18-15-10-13(2-4-17(15)33-25-18)35(30,31)27-5-7-32-8-6-27/h1-4,9-10H,5-8H2,(H,23,28)(H,24,26,29). The number of amides is 1. The zero-order chi connectivity index (χ0) is 24.6. The number of sulfonamides is 1. The van der Waals surface area contributed by atoms with E-state index in [9.17, 15) is 23.3 Å². The first-order chi connectivity index (χ1) is 16.9. The molecule has 178 valence electrons. The smallest absolute Gasteiger partial charge is 0.379 e. The number of ether oxygens (including phenoxy) is 1. The highest BCUT2D eigenvalue weighted by atomic mass is 32.2.